The Morgan fingerprint density at radius 3 is 2.69 bits per heavy atom. The van der Waals surface area contributed by atoms with Crippen molar-refractivity contribution in [1.29, 1.82) is 0 Å². The molecule has 0 atom stereocenters. The van der Waals surface area contributed by atoms with Crippen LogP contribution in [0, 0.1) is 0 Å². The summed E-state index contributed by atoms with van der Waals surface area (Å²) in [4.78, 5) is 27.6. The Balaban J connectivity index is 1.56. The number of rotatable bonds is 5. The van der Waals surface area contributed by atoms with E-state index >= 15 is 0 Å². The van der Waals surface area contributed by atoms with Crippen LogP contribution >= 0.6 is 15.9 Å². The fourth-order valence-electron chi connectivity index (χ4n) is 2.78. The highest BCUT2D eigenvalue weighted by molar-refractivity contribution is 9.10. The van der Waals surface area contributed by atoms with E-state index in [9.17, 15) is 9.59 Å². The largest absolute Gasteiger partial charge is 0.483 e. The first-order chi connectivity index (χ1) is 12.6. The van der Waals surface area contributed by atoms with Crippen molar-refractivity contribution < 1.29 is 19.1 Å². The summed E-state index contributed by atoms with van der Waals surface area (Å²) < 4.78 is 11.7. The van der Waals surface area contributed by atoms with Crippen LogP contribution in [0.15, 0.2) is 40.9 Å². The van der Waals surface area contributed by atoms with Crippen molar-refractivity contribution in [2.24, 2.45) is 0 Å². The van der Waals surface area contributed by atoms with E-state index in [1.165, 1.54) is 4.90 Å². The fourth-order valence-corrected chi connectivity index (χ4v) is 3.39. The predicted molar refractivity (Wildman–Crippen MR) is 102 cm³/mol. The maximum Gasteiger partial charge on any atom is 0.260 e. The second kappa shape index (κ2) is 8.51. The molecule has 0 bridgehead atoms. The van der Waals surface area contributed by atoms with Crippen LogP contribution in [0.5, 0.6) is 5.75 Å². The van der Waals surface area contributed by atoms with Gasteiger partial charge in [-0.1, -0.05) is 30.3 Å². The van der Waals surface area contributed by atoms with Crippen molar-refractivity contribution in [3.63, 3.8) is 0 Å². The number of fused-ring (bicyclic) bond motifs is 1. The number of amides is 2. The fraction of sp³-hybridized carbons (Fsp3) is 0.368. The molecule has 26 heavy (non-hydrogen) atoms. The first-order valence-electron chi connectivity index (χ1n) is 8.46. The average molecular weight is 421 g/mol. The average Bonchev–Trinajstić information content (AvgIpc) is 2.68. The normalized spacial score (nSPS) is 14.3. The van der Waals surface area contributed by atoms with Gasteiger partial charge >= 0.3 is 0 Å². The number of benzene rings is 2. The smallest absolute Gasteiger partial charge is 0.260 e. The van der Waals surface area contributed by atoms with Crippen LogP contribution in [-0.2, 0) is 14.3 Å². The van der Waals surface area contributed by atoms with Crippen LogP contribution in [0.4, 0.5) is 0 Å². The lowest BCUT2D eigenvalue weighted by molar-refractivity contribution is -0.142. The second-order valence-corrected chi connectivity index (χ2v) is 6.92. The number of morpholine rings is 1. The summed E-state index contributed by atoms with van der Waals surface area (Å²) in [6, 6.07) is 11.7. The molecular weight excluding hydrogens is 400 g/mol. The minimum Gasteiger partial charge on any atom is -0.483 e. The Bertz CT molecular complexity index is 805. The van der Waals surface area contributed by atoms with E-state index in [1.807, 2.05) is 36.4 Å². The van der Waals surface area contributed by atoms with E-state index in [1.54, 1.807) is 11.9 Å². The van der Waals surface area contributed by atoms with E-state index in [2.05, 4.69) is 15.9 Å². The minimum absolute atomic E-state index is 0.0427. The number of hydrogen-bond donors (Lipinski definition) is 0. The zero-order chi connectivity index (χ0) is 18.5. The summed E-state index contributed by atoms with van der Waals surface area (Å²) in [5.74, 6) is 0.285. The predicted octanol–water partition coefficient (Wildman–Crippen LogP) is 2.30. The van der Waals surface area contributed by atoms with Crippen molar-refractivity contribution in [3.05, 3.63) is 40.9 Å². The van der Waals surface area contributed by atoms with Gasteiger partial charge in [-0.05, 0) is 32.8 Å². The van der Waals surface area contributed by atoms with Crippen LogP contribution in [0.3, 0.4) is 0 Å². The third kappa shape index (κ3) is 4.34. The zero-order valence-corrected chi connectivity index (χ0v) is 16.2. The van der Waals surface area contributed by atoms with Gasteiger partial charge in [0.25, 0.3) is 5.91 Å². The van der Waals surface area contributed by atoms with E-state index in [-0.39, 0.29) is 25.0 Å². The van der Waals surface area contributed by atoms with E-state index in [0.29, 0.717) is 32.1 Å². The lowest BCUT2D eigenvalue weighted by Gasteiger charge is -2.28. The quantitative estimate of drug-likeness (QED) is 0.744. The summed E-state index contributed by atoms with van der Waals surface area (Å²) in [5.41, 5.74) is 0. The van der Waals surface area contributed by atoms with Gasteiger partial charge < -0.3 is 19.3 Å². The summed E-state index contributed by atoms with van der Waals surface area (Å²) in [6.45, 7) is 2.15. The molecule has 6 nitrogen and oxygen atoms in total. The monoisotopic (exact) mass is 420 g/mol. The van der Waals surface area contributed by atoms with Gasteiger partial charge in [0.05, 0.1) is 24.2 Å². The molecule has 138 valence electrons. The SMILES string of the molecule is CN(CC(=O)N1CCOCC1)C(=O)COc1ccc2ccccc2c1Br. The lowest BCUT2D eigenvalue weighted by Crippen LogP contribution is -2.46. The van der Waals surface area contributed by atoms with Crippen LogP contribution in [-0.4, -0.2) is 68.1 Å². The van der Waals surface area contributed by atoms with Crippen molar-refractivity contribution in [2.75, 3.05) is 46.5 Å². The van der Waals surface area contributed by atoms with Crippen molar-refractivity contribution in [3.8, 4) is 5.75 Å². The summed E-state index contributed by atoms with van der Waals surface area (Å²) >= 11 is 3.54. The van der Waals surface area contributed by atoms with E-state index in [0.717, 1.165) is 15.2 Å². The summed E-state index contributed by atoms with van der Waals surface area (Å²) in [5, 5.41) is 2.11. The van der Waals surface area contributed by atoms with Crippen LogP contribution in [0.2, 0.25) is 0 Å². The molecule has 2 aromatic carbocycles. The number of ether oxygens (including phenoxy) is 2. The van der Waals surface area contributed by atoms with Crippen LogP contribution < -0.4 is 4.74 Å². The third-order valence-corrected chi connectivity index (χ3v) is 5.16. The standard InChI is InChI=1S/C19H21BrN2O4/c1-21(12-17(23)22-8-10-25-11-9-22)18(24)13-26-16-7-6-14-4-2-3-5-15(14)19(16)20/h2-7H,8-13H2,1H3. The van der Waals surface area contributed by atoms with Crippen LogP contribution in [0.1, 0.15) is 0 Å². The van der Waals surface area contributed by atoms with Gasteiger partial charge in [0.1, 0.15) is 5.75 Å². The van der Waals surface area contributed by atoms with Gasteiger partial charge in [-0.2, -0.15) is 0 Å². The van der Waals surface area contributed by atoms with Crippen molar-refractivity contribution in [2.45, 2.75) is 0 Å². The molecule has 2 aromatic rings. The van der Waals surface area contributed by atoms with Crippen LogP contribution in [0.25, 0.3) is 10.8 Å². The van der Waals surface area contributed by atoms with Crippen molar-refractivity contribution in [1.82, 2.24) is 9.80 Å². The molecule has 0 radical (unpaired) electrons. The van der Waals surface area contributed by atoms with Gasteiger partial charge in [0.15, 0.2) is 6.61 Å². The van der Waals surface area contributed by atoms with E-state index in [4.69, 9.17) is 9.47 Å². The minimum atomic E-state index is -0.244. The highest BCUT2D eigenvalue weighted by Crippen LogP contribution is 2.32. The summed E-state index contributed by atoms with van der Waals surface area (Å²) in [7, 11) is 1.61. The maximum absolute atomic E-state index is 12.3. The number of halogens is 1. The molecule has 1 aliphatic heterocycles. The van der Waals surface area contributed by atoms with E-state index < -0.39 is 0 Å². The first-order valence-corrected chi connectivity index (χ1v) is 9.25. The Hall–Kier alpha value is -2.12. The molecule has 0 aromatic heterocycles. The zero-order valence-electron chi connectivity index (χ0n) is 14.6. The van der Waals surface area contributed by atoms with Gasteiger partial charge in [0, 0.05) is 20.1 Å². The first kappa shape index (κ1) is 18.7. The molecular formula is C19H21BrN2O4. The topological polar surface area (TPSA) is 59.1 Å². The molecule has 2 amide bonds. The Labute approximate surface area is 160 Å². The Morgan fingerprint density at radius 2 is 1.92 bits per heavy atom. The molecule has 0 aliphatic carbocycles. The van der Waals surface area contributed by atoms with Gasteiger partial charge in [0.2, 0.25) is 5.91 Å². The lowest BCUT2D eigenvalue weighted by atomic mass is 10.1. The van der Waals surface area contributed by atoms with Gasteiger partial charge in [-0.3, -0.25) is 9.59 Å². The van der Waals surface area contributed by atoms with Crippen molar-refractivity contribution >= 4 is 38.5 Å². The molecule has 1 heterocycles. The molecule has 3 rings (SSSR count). The molecule has 0 N–H and O–H groups in total. The molecule has 0 unspecified atom stereocenters. The number of nitrogens with zero attached hydrogens (tertiary/aromatic N) is 2. The van der Waals surface area contributed by atoms with Gasteiger partial charge in [-0.15, -0.1) is 0 Å². The molecule has 1 fully saturated rings. The second-order valence-electron chi connectivity index (χ2n) is 6.13. The molecule has 7 heteroatoms. The number of hydrogen-bond acceptors (Lipinski definition) is 4. The molecule has 0 saturated carbocycles. The molecule has 1 aliphatic rings. The highest BCUT2D eigenvalue weighted by Gasteiger charge is 2.20. The highest BCUT2D eigenvalue weighted by atomic mass is 79.9. The Morgan fingerprint density at radius 1 is 1.19 bits per heavy atom. The third-order valence-electron chi connectivity index (χ3n) is 4.34. The summed E-state index contributed by atoms with van der Waals surface area (Å²) in [6.07, 6.45) is 0. The molecule has 0 spiro atoms. The number of carbonyl (C=O) groups excluding carboxylic acids is 2. The Kier molecular flexibility index (Phi) is 6.11. The molecule has 1 saturated heterocycles. The maximum atomic E-state index is 12.3. The number of likely N-dealkylation sites (N-methyl/N-ethyl adjacent to an activating group) is 1. The number of carbonyl (C=O) groups is 2. The van der Waals surface area contributed by atoms with Gasteiger partial charge in [-0.25, -0.2) is 0 Å².